The molecule has 18 heavy (non-hydrogen) atoms. The van der Waals surface area contributed by atoms with Crippen LogP contribution in [0.25, 0.3) is 10.9 Å². The number of nitrogens with two attached hydrogens (primary N) is 1. The Morgan fingerprint density at radius 3 is 2.89 bits per heavy atom. The molecule has 3 N–H and O–H groups in total. The fourth-order valence-corrected chi connectivity index (χ4v) is 2.66. The Bertz CT molecular complexity index is 535. The number of hydrogen-bond acceptors (Lipinski definition) is 4. The fraction of sp³-hybridized carbons (Fsp3) is 0.429. The van der Waals surface area contributed by atoms with E-state index in [2.05, 4.69) is 21.6 Å². The Hall–Kier alpha value is -1.68. The average Bonchev–Trinajstić information content (AvgIpc) is 2.42. The van der Waals surface area contributed by atoms with Crippen LogP contribution in [-0.4, -0.2) is 22.3 Å². The number of nitrogens with zero attached hydrogens (tertiary/aromatic N) is 2. The summed E-state index contributed by atoms with van der Waals surface area (Å²) in [4.78, 5) is 0. The van der Waals surface area contributed by atoms with Crippen molar-refractivity contribution in [3.63, 3.8) is 0 Å². The van der Waals surface area contributed by atoms with Crippen molar-refractivity contribution < 1.29 is 0 Å². The van der Waals surface area contributed by atoms with Crippen molar-refractivity contribution >= 4 is 16.6 Å². The Kier molecular flexibility index (Phi) is 3.11. The lowest BCUT2D eigenvalue weighted by molar-refractivity contribution is 0.404. The largest absolute Gasteiger partial charge is 0.379 e. The highest BCUT2D eigenvalue weighted by molar-refractivity contribution is 5.90. The number of fused-ring (bicyclic) bond motifs is 1. The summed E-state index contributed by atoms with van der Waals surface area (Å²) >= 11 is 0. The fourth-order valence-electron chi connectivity index (χ4n) is 2.66. The Morgan fingerprint density at radius 1 is 1.17 bits per heavy atom. The summed E-state index contributed by atoms with van der Waals surface area (Å²) in [6, 6.07) is 8.65. The normalized spacial score (nSPS) is 24.1. The van der Waals surface area contributed by atoms with Gasteiger partial charge in [-0.05, 0) is 18.9 Å². The van der Waals surface area contributed by atoms with Gasteiger partial charge in [-0.2, -0.15) is 10.2 Å². The molecule has 1 aromatic carbocycles. The van der Waals surface area contributed by atoms with E-state index in [4.69, 9.17) is 5.73 Å². The van der Waals surface area contributed by atoms with Crippen molar-refractivity contribution in [2.75, 3.05) is 5.32 Å². The molecule has 1 saturated carbocycles. The van der Waals surface area contributed by atoms with Crippen LogP contribution in [0, 0.1) is 0 Å². The molecule has 0 spiro atoms. The minimum absolute atomic E-state index is 0.241. The van der Waals surface area contributed by atoms with E-state index in [1.807, 2.05) is 18.2 Å². The second-order valence-corrected chi connectivity index (χ2v) is 4.97. The summed E-state index contributed by atoms with van der Waals surface area (Å²) in [6.07, 6.45) is 6.53. The molecule has 3 rings (SSSR count). The first kappa shape index (κ1) is 11.4. The maximum absolute atomic E-state index is 6.17. The molecule has 0 radical (unpaired) electrons. The zero-order valence-electron chi connectivity index (χ0n) is 10.3. The molecule has 1 heterocycles. The lowest BCUT2D eigenvalue weighted by atomic mass is 9.91. The molecule has 0 saturated heterocycles. The molecule has 1 fully saturated rings. The van der Waals surface area contributed by atoms with Gasteiger partial charge in [0.05, 0.1) is 17.4 Å². The Labute approximate surface area is 107 Å². The highest BCUT2D eigenvalue weighted by Crippen LogP contribution is 2.25. The van der Waals surface area contributed by atoms with Gasteiger partial charge in [0.25, 0.3) is 0 Å². The minimum Gasteiger partial charge on any atom is -0.379 e. The van der Waals surface area contributed by atoms with E-state index in [9.17, 15) is 0 Å². The maximum Gasteiger partial charge on any atom is 0.0950 e. The van der Waals surface area contributed by atoms with Gasteiger partial charge in [-0.25, -0.2) is 0 Å². The SMILES string of the molecule is NC1CCCCC1Nc1cnnc2ccccc12. The first-order valence-electron chi connectivity index (χ1n) is 6.57. The Balaban J connectivity index is 1.90. The van der Waals surface area contributed by atoms with Crippen LogP contribution in [0.5, 0.6) is 0 Å². The molecule has 0 amide bonds. The van der Waals surface area contributed by atoms with Gasteiger partial charge >= 0.3 is 0 Å². The molecule has 4 nitrogen and oxygen atoms in total. The van der Waals surface area contributed by atoms with Crippen molar-refractivity contribution in [3.05, 3.63) is 30.5 Å². The van der Waals surface area contributed by atoms with E-state index in [0.29, 0.717) is 6.04 Å². The third-order valence-electron chi connectivity index (χ3n) is 3.71. The summed E-state index contributed by atoms with van der Waals surface area (Å²) in [6.45, 7) is 0. The number of hydrogen-bond donors (Lipinski definition) is 2. The molecule has 4 heteroatoms. The number of rotatable bonds is 2. The molecule has 1 aromatic heterocycles. The molecule has 94 valence electrons. The van der Waals surface area contributed by atoms with Crippen LogP contribution in [-0.2, 0) is 0 Å². The smallest absolute Gasteiger partial charge is 0.0950 e. The van der Waals surface area contributed by atoms with Crippen LogP contribution >= 0.6 is 0 Å². The molecule has 2 aromatic rings. The van der Waals surface area contributed by atoms with Crippen molar-refractivity contribution in [1.29, 1.82) is 0 Å². The molecular formula is C14H18N4. The van der Waals surface area contributed by atoms with Gasteiger partial charge in [-0.15, -0.1) is 0 Å². The molecule has 1 aliphatic rings. The van der Waals surface area contributed by atoms with Gasteiger partial charge in [0.2, 0.25) is 0 Å². The van der Waals surface area contributed by atoms with Crippen LogP contribution in [0.2, 0.25) is 0 Å². The first-order chi connectivity index (χ1) is 8.84. The summed E-state index contributed by atoms with van der Waals surface area (Å²) in [7, 11) is 0. The number of nitrogens with one attached hydrogen (secondary N) is 1. The van der Waals surface area contributed by atoms with Crippen LogP contribution in [0.15, 0.2) is 30.5 Å². The van der Waals surface area contributed by atoms with E-state index in [-0.39, 0.29) is 6.04 Å². The van der Waals surface area contributed by atoms with Crippen molar-refractivity contribution in [3.8, 4) is 0 Å². The average molecular weight is 242 g/mol. The van der Waals surface area contributed by atoms with Crippen molar-refractivity contribution in [2.24, 2.45) is 5.73 Å². The van der Waals surface area contributed by atoms with E-state index in [0.717, 1.165) is 29.4 Å². The van der Waals surface area contributed by atoms with Gasteiger partial charge in [-0.3, -0.25) is 0 Å². The van der Waals surface area contributed by atoms with E-state index in [1.54, 1.807) is 6.20 Å². The van der Waals surface area contributed by atoms with Gasteiger partial charge in [-0.1, -0.05) is 31.0 Å². The summed E-state index contributed by atoms with van der Waals surface area (Å²) in [5.41, 5.74) is 8.14. The zero-order valence-corrected chi connectivity index (χ0v) is 10.3. The monoisotopic (exact) mass is 242 g/mol. The molecular weight excluding hydrogens is 224 g/mol. The van der Waals surface area contributed by atoms with Gasteiger partial charge in [0.15, 0.2) is 0 Å². The number of anilines is 1. The summed E-state index contributed by atoms with van der Waals surface area (Å²) < 4.78 is 0. The van der Waals surface area contributed by atoms with Crippen LogP contribution in [0.4, 0.5) is 5.69 Å². The first-order valence-corrected chi connectivity index (χ1v) is 6.57. The molecule has 0 bridgehead atoms. The summed E-state index contributed by atoms with van der Waals surface area (Å²) in [5, 5.41) is 12.8. The van der Waals surface area contributed by atoms with Gasteiger partial charge < -0.3 is 11.1 Å². The van der Waals surface area contributed by atoms with Crippen molar-refractivity contribution in [2.45, 2.75) is 37.8 Å². The van der Waals surface area contributed by atoms with Gasteiger partial charge in [0, 0.05) is 17.5 Å². The molecule has 0 aliphatic heterocycles. The quantitative estimate of drug-likeness (QED) is 0.848. The standard InChI is InChI=1S/C14H18N4/c15-11-6-2-4-8-13(11)17-14-9-16-18-12-7-3-1-5-10(12)14/h1,3,5,7,9,11,13H,2,4,6,8,15H2,(H,17,18). The summed E-state index contributed by atoms with van der Waals surface area (Å²) in [5.74, 6) is 0. The molecule has 2 unspecified atom stereocenters. The topological polar surface area (TPSA) is 63.8 Å². The second-order valence-electron chi connectivity index (χ2n) is 4.97. The molecule has 2 atom stereocenters. The zero-order chi connectivity index (χ0) is 12.4. The van der Waals surface area contributed by atoms with Crippen LogP contribution < -0.4 is 11.1 Å². The predicted octanol–water partition coefficient (Wildman–Crippen LogP) is 2.31. The minimum atomic E-state index is 0.241. The van der Waals surface area contributed by atoms with E-state index < -0.39 is 0 Å². The highest BCUT2D eigenvalue weighted by atomic mass is 15.1. The van der Waals surface area contributed by atoms with E-state index >= 15 is 0 Å². The third-order valence-corrected chi connectivity index (χ3v) is 3.71. The lowest BCUT2D eigenvalue weighted by Gasteiger charge is -2.30. The second kappa shape index (κ2) is 4.90. The molecule has 1 aliphatic carbocycles. The lowest BCUT2D eigenvalue weighted by Crippen LogP contribution is -2.42. The van der Waals surface area contributed by atoms with Crippen molar-refractivity contribution in [1.82, 2.24) is 10.2 Å². The third kappa shape index (κ3) is 2.16. The van der Waals surface area contributed by atoms with E-state index in [1.165, 1.54) is 12.8 Å². The highest BCUT2D eigenvalue weighted by Gasteiger charge is 2.22. The van der Waals surface area contributed by atoms with Crippen LogP contribution in [0.1, 0.15) is 25.7 Å². The van der Waals surface area contributed by atoms with Gasteiger partial charge in [0.1, 0.15) is 0 Å². The number of benzene rings is 1. The maximum atomic E-state index is 6.17. The predicted molar refractivity (Wildman–Crippen MR) is 73.4 cm³/mol. The Morgan fingerprint density at radius 2 is 2.00 bits per heavy atom. The number of aromatic nitrogens is 2. The van der Waals surface area contributed by atoms with Crippen LogP contribution in [0.3, 0.4) is 0 Å².